The van der Waals surface area contributed by atoms with Gasteiger partial charge in [-0.25, -0.2) is 4.98 Å². The van der Waals surface area contributed by atoms with E-state index in [0.717, 1.165) is 49.8 Å². The van der Waals surface area contributed by atoms with E-state index in [1.54, 1.807) is 6.33 Å². The highest BCUT2D eigenvalue weighted by Crippen LogP contribution is 2.28. The predicted molar refractivity (Wildman–Crippen MR) is 109 cm³/mol. The van der Waals surface area contributed by atoms with E-state index in [1.807, 2.05) is 28.8 Å². The second-order valence-electron chi connectivity index (χ2n) is 7.68. The third-order valence-corrected chi connectivity index (χ3v) is 5.96. The van der Waals surface area contributed by atoms with Gasteiger partial charge in [0.15, 0.2) is 0 Å². The van der Waals surface area contributed by atoms with Gasteiger partial charge in [-0.2, -0.15) is 15.0 Å². The Balaban J connectivity index is 1.64. The van der Waals surface area contributed by atoms with Gasteiger partial charge in [-0.1, -0.05) is 12.1 Å². The van der Waals surface area contributed by atoms with Gasteiger partial charge < -0.3 is 20.0 Å². The molecule has 4 heterocycles. The van der Waals surface area contributed by atoms with Crippen LogP contribution in [0.25, 0.3) is 17.0 Å². The molecule has 0 unspecified atom stereocenters. The van der Waals surface area contributed by atoms with Crippen LogP contribution in [0.3, 0.4) is 0 Å². The van der Waals surface area contributed by atoms with E-state index in [0.29, 0.717) is 17.8 Å². The standard InChI is InChI=1S/C20H25N7O2/c28-11-14-5-3-9-25(14)18-22-19(26-10-4-6-15(26)12-29)24-20(23-18)27-13-21-16-7-1-2-8-17(16)27/h1-2,7-8,13-15,28-29H,3-6,9-12H2/t14-,15-/m0/s1. The van der Waals surface area contributed by atoms with Crippen LogP contribution in [-0.2, 0) is 0 Å². The van der Waals surface area contributed by atoms with Crippen LogP contribution in [0.15, 0.2) is 30.6 Å². The quantitative estimate of drug-likeness (QED) is 0.663. The fraction of sp³-hybridized carbons (Fsp3) is 0.500. The van der Waals surface area contributed by atoms with E-state index in [-0.39, 0.29) is 25.3 Å². The van der Waals surface area contributed by atoms with Crippen molar-refractivity contribution in [2.24, 2.45) is 0 Å². The van der Waals surface area contributed by atoms with Crippen LogP contribution in [-0.4, -0.2) is 73.1 Å². The van der Waals surface area contributed by atoms with Crippen LogP contribution in [0.4, 0.5) is 11.9 Å². The molecule has 2 aliphatic heterocycles. The maximum Gasteiger partial charge on any atom is 0.242 e. The first-order valence-corrected chi connectivity index (χ1v) is 10.2. The molecule has 2 saturated heterocycles. The maximum absolute atomic E-state index is 9.78. The molecule has 1 aromatic carbocycles. The Morgan fingerprint density at radius 3 is 2.03 bits per heavy atom. The molecule has 9 nitrogen and oxygen atoms in total. The average molecular weight is 395 g/mol. The fourth-order valence-electron chi connectivity index (χ4n) is 4.40. The molecule has 2 atom stereocenters. The lowest BCUT2D eigenvalue weighted by Gasteiger charge is -2.27. The third-order valence-electron chi connectivity index (χ3n) is 5.96. The lowest BCUT2D eigenvalue weighted by Crippen LogP contribution is -2.37. The van der Waals surface area contributed by atoms with Gasteiger partial charge in [0.2, 0.25) is 17.8 Å². The summed E-state index contributed by atoms with van der Waals surface area (Å²) in [5, 5.41) is 19.6. The summed E-state index contributed by atoms with van der Waals surface area (Å²) in [7, 11) is 0. The molecule has 2 fully saturated rings. The van der Waals surface area contributed by atoms with Gasteiger partial charge in [-0.05, 0) is 37.8 Å². The molecule has 0 saturated carbocycles. The Labute approximate surface area is 168 Å². The summed E-state index contributed by atoms with van der Waals surface area (Å²) >= 11 is 0. The molecule has 152 valence electrons. The Kier molecular flexibility index (Phi) is 4.76. The van der Waals surface area contributed by atoms with Crippen molar-refractivity contribution in [1.29, 1.82) is 0 Å². The first-order valence-electron chi connectivity index (χ1n) is 10.2. The number of imidazole rings is 1. The van der Waals surface area contributed by atoms with Gasteiger partial charge in [0.05, 0.1) is 36.3 Å². The van der Waals surface area contributed by atoms with Crippen molar-refractivity contribution in [2.45, 2.75) is 37.8 Å². The smallest absolute Gasteiger partial charge is 0.242 e. The summed E-state index contributed by atoms with van der Waals surface area (Å²) in [4.78, 5) is 22.9. The summed E-state index contributed by atoms with van der Waals surface area (Å²) in [6.07, 6.45) is 5.57. The number of rotatable bonds is 5. The Hall–Kier alpha value is -2.78. The monoisotopic (exact) mass is 395 g/mol. The highest BCUT2D eigenvalue weighted by Gasteiger charge is 2.31. The minimum Gasteiger partial charge on any atom is -0.394 e. The van der Waals surface area contributed by atoms with Crippen molar-refractivity contribution < 1.29 is 10.2 Å². The van der Waals surface area contributed by atoms with Gasteiger partial charge in [0.25, 0.3) is 0 Å². The molecule has 0 bridgehead atoms. The molecular weight excluding hydrogens is 370 g/mol. The van der Waals surface area contributed by atoms with E-state index in [2.05, 4.69) is 14.8 Å². The van der Waals surface area contributed by atoms with Gasteiger partial charge >= 0.3 is 0 Å². The SMILES string of the molecule is OC[C@@H]1CCCN1c1nc(N2CCC[C@H]2CO)nc(-n2cnc3ccccc32)n1. The van der Waals surface area contributed by atoms with Crippen molar-refractivity contribution in [3.8, 4) is 5.95 Å². The summed E-state index contributed by atoms with van der Waals surface area (Å²) in [6.45, 7) is 1.77. The van der Waals surface area contributed by atoms with Crippen molar-refractivity contribution in [2.75, 3.05) is 36.1 Å². The second-order valence-corrected chi connectivity index (χ2v) is 7.68. The number of benzene rings is 1. The highest BCUT2D eigenvalue weighted by atomic mass is 16.3. The molecule has 0 radical (unpaired) electrons. The topological polar surface area (TPSA) is 103 Å². The first kappa shape index (κ1) is 18.3. The molecule has 9 heteroatoms. The van der Waals surface area contributed by atoms with E-state index in [9.17, 15) is 10.2 Å². The summed E-state index contributed by atoms with van der Waals surface area (Å²) in [5.41, 5.74) is 1.80. The largest absolute Gasteiger partial charge is 0.394 e. The molecule has 0 spiro atoms. The van der Waals surface area contributed by atoms with E-state index in [1.165, 1.54) is 0 Å². The van der Waals surface area contributed by atoms with Crippen molar-refractivity contribution in [3.63, 3.8) is 0 Å². The normalized spacial score (nSPS) is 22.1. The van der Waals surface area contributed by atoms with E-state index < -0.39 is 0 Å². The maximum atomic E-state index is 9.78. The van der Waals surface area contributed by atoms with Crippen LogP contribution in [0, 0.1) is 0 Å². The Bertz CT molecular complexity index is 967. The van der Waals surface area contributed by atoms with Crippen LogP contribution in [0.5, 0.6) is 0 Å². The molecule has 3 aromatic rings. The minimum atomic E-state index is 0.0184. The lowest BCUT2D eigenvalue weighted by molar-refractivity contribution is 0.264. The van der Waals surface area contributed by atoms with Gasteiger partial charge in [-0.15, -0.1) is 0 Å². The lowest BCUT2D eigenvalue weighted by atomic mass is 10.2. The zero-order valence-electron chi connectivity index (χ0n) is 16.2. The predicted octanol–water partition coefficient (Wildman–Crippen LogP) is 1.13. The van der Waals surface area contributed by atoms with Crippen molar-refractivity contribution in [1.82, 2.24) is 24.5 Å². The van der Waals surface area contributed by atoms with E-state index in [4.69, 9.17) is 15.0 Å². The zero-order valence-corrected chi connectivity index (χ0v) is 16.2. The number of aliphatic hydroxyl groups excluding tert-OH is 2. The second kappa shape index (κ2) is 7.57. The molecule has 0 amide bonds. The van der Waals surface area contributed by atoms with Crippen LogP contribution < -0.4 is 9.80 Å². The van der Waals surface area contributed by atoms with Crippen LogP contribution >= 0.6 is 0 Å². The molecule has 0 aliphatic carbocycles. The van der Waals surface area contributed by atoms with Crippen molar-refractivity contribution >= 4 is 22.9 Å². The number of anilines is 2. The van der Waals surface area contributed by atoms with Crippen LogP contribution in [0.1, 0.15) is 25.7 Å². The third kappa shape index (κ3) is 3.20. The van der Waals surface area contributed by atoms with E-state index >= 15 is 0 Å². The summed E-state index contributed by atoms with van der Waals surface area (Å²) in [5.74, 6) is 1.65. The number of nitrogens with zero attached hydrogens (tertiary/aromatic N) is 7. The van der Waals surface area contributed by atoms with Gasteiger partial charge in [0.1, 0.15) is 6.33 Å². The number of aliphatic hydroxyl groups is 2. The summed E-state index contributed by atoms with van der Waals surface area (Å²) < 4.78 is 1.87. The van der Waals surface area contributed by atoms with Gasteiger partial charge in [0, 0.05) is 13.1 Å². The Morgan fingerprint density at radius 1 is 0.828 bits per heavy atom. The summed E-state index contributed by atoms with van der Waals surface area (Å²) in [6, 6.07) is 7.91. The number of hydrogen-bond acceptors (Lipinski definition) is 8. The molecule has 5 rings (SSSR count). The number of aromatic nitrogens is 5. The number of fused-ring (bicyclic) bond motifs is 1. The highest BCUT2D eigenvalue weighted by molar-refractivity contribution is 5.76. The Morgan fingerprint density at radius 2 is 1.41 bits per heavy atom. The number of para-hydroxylation sites is 2. The first-order chi connectivity index (χ1) is 14.3. The fourth-order valence-corrected chi connectivity index (χ4v) is 4.40. The zero-order chi connectivity index (χ0) is 19.8. The van der Waals surface area contributed by atoms with Crippen molar-refractivity contribution in [3.05, 3.63) is 30.6 Å². The minimum absolute atomic E-state index is 0.0184. The van der Waals surface area contributed by atoms with Crippen LogP contribution in [0.2, 0.25) is 0 Å². The molecule has 29 heavy (non-hydrogen) atoms. The average Bonchev–Trinajstić information content (AvgIpc) is 3.52. The molecular formula is C20H25N7O2. The van der Waals surface area contributed by atoms with Gasteiger partial charge in [-0.3, -0.25) is 4.57 Å². The number of hydrogen-bond donors (Lipinski definition) is 2. The molecule has 2 aliphatic rings. The molecule has 2 aromatic heterocycles. The molecule has 2 N–H and O–H groups in total.